The number of para-hydroxylation sites is 1. The van der Waals surface area contributed by atoms with Crippen molar-refractivity contribution in [3.63, 3.8) is 0 Å². The molecule has 4 heteroatoms. The summed E-state index contributed by atoms with van der Waals surface area (Å²) in [7, 11) is 0. The SMILES string of the molecule is CC(CN)C(=O)Nc1ccccc1F. The van der Waals surface area contributed by atoms with E-state index in [1.54, 1.807) is 19.1 Å². The first-order chi connectivity index (χ1) is 6.65. The van der Waals surface area contributed by atoms with Gasteiger partial charge >= 0.3 is 0 Å². The van der Waals surface area contributed by atoms with Gasteiger partial charge in [0.2, 0.25) is 5.91 Å². The van der Waals surface area contributed by atoms with Crippen LogP contribution >= 0.6 is 0 Å². The summed E-state index contributed by atoms with van der Waals surface area (Å²) >= 11 is 0. The molecule has 1 rings (SSSR count). The summed E-state index contributed by atoms with van der Waals surface area (Å²) in [6, 6.07) is 6.03. The van der Waals surface area contributed by atoms with Crippen molar-refractivity contribution in [2.75, 3.05) is 11.9 Å². The molecule has 76 valence electrons. The molecule has 1 amide bonds. The highest BCUT2D eigenvalue weighted by Crippen LogP contribution is 2.13. The number of anilines is 1. The Morgan fingerprint density at radius 1 is 1.57 bits per heavy atom. The molecule has 1 unspecified atom stereocenters. The monoisotopic (exact) mass is 196 g/mol. The van der Waals surface area contributed by atoms with E-state index in [0.29, 0.717) is 0 Å². The molecule has 0 aromatic heterocycles. The van der Waals surface area contributed by atoms with Crippen LogP contribution in [-0.2, 0) is 4.79 Å². The molecule has 0 aliphatic rings. The zero-order chi connectivity index (χ0) is 10.6. The minimum absolute atomic E-state index is 0.192. The van der Waals surface area contributed by atoms with Crippen LogP contribution in [0.25, 0.3) is 0 Å². The number of carbonyl (C=O) groups is 1. The largest absolute Gasteiger partial charge is 0.330 e. The number of nitrogens with one attached hydrogen (secondary N) is 1. The highest BCUT2D eigenvalue weighted by Gasteiger charge is 2.12. The van der Waals surface area contributed by atoms with Crippen LogP contribution in [0.5, 0.6) is 0 Å². The second kappa shape index (κ2) is 4.72. The summed E-state index contributed by atoms with van der Waals surface area (Å²) in [5, 5.41) is 2.47. The Labute approximate surface area is 82.1 Å². The van der Waals surface area contributed by atoms with Crippen LogP contribution in [0.15, 0.2) is 24.3 Å². The molecule has 3 N–H and O–H groups in total. The fourth-order valence-electron chi connectivity index (χ4n) is 0.926. The normalized spacial score (nSPS) is 12.2. The number of hydrogen-bond donors (Lipinski definition) is 2. The first kappa shape index (κ1) is 10.7. The Morgan fingerprint density at radius 3 is 2.79 bits per heavy atom. The molecule has 0 spiro atoms. The Morgan fingerprint density at radius 2 is 2.21 bits per heavy atom. The zero-order valence-corrected chi connectivity index (χ0v) is 7.96. The maximum absolute atomic E-state index is 13.1. The lowest BCUT2D eigenvalue weighted by Gasteiger charge is -2.09. The molecular formula is C10H13FN2O. The Hall–Kier alpha value is -1.42. The average Bonchev–Trinajstić information content (AvgIpc) is 2.20. The van der Waals surface area contributed by atoms with E-state index in [0.717, 1.165) is 0 Å². The third-order valence-electron chi connectivity index (χ3n) is 1.93. The lowest BCUT2D eigenvalue weighted by molar-refractivity contribution is -0.119. The quantitative estimate of drug-likeness (QED) is 0.766. The van der Waals surface area contributed by atoms with Gasteiger partial charge in [0.1, 0.15) is 5.82 Å². The summed E-state index contributed by atoms with van der Waals surface area (Å²) in [6.07, 6.45) is 0. The Bertz CT molecular complexity index is 328. The number of hydrogen-bond acceptors (Lipinski definition) is 2. The molecule has 0 aliphatic carbocycles. The van der Waals surface area contributed by atoms with Gasteiger partial charge in [-0.15, -0.1) is 0 Å². The molecule has 1 atom stereocenters. The molecule has 0 bridgehead atoms. The van der Waals surface area contributed by atoms with Gasteiger partial charge in [-0.25, -0.2) is 4.39 Å². The van der Waals surface area contributed by atoms with Gasteiger partial charge in [-0.2, -0.15) is 0 Å². The molecular weight excluding hydrogens is 183 g/mol. The number of amides is 1. The van der Waals surface area contributed by atoms with Crippen molar-refractivity contribution in [3.05, 3.63) is 30.1 Å². The summed E-state index contributed by atoms with van der Waals surface area (Å²) in [5.74, 6) is -1.02. The van der Waals surface area contributed by atoms with E-state index in [-0.39, 0.29) is 24.1 Å². The average molecular weight is 196 g/mol. The maximum Gasteiger partial charge on any atom is 0.228 e. The molecule has 1 aromatic carbocycles. The van der Waals surface area contributed by atoms with Crippen LogP contribution in [0.2, 0.25) is 0 Å². The topological polar surface area (TPSA) is 55.1 Å². The summed E-state index contributed by atoms with van der Waals surface area (Å²) < 4.78 is 13.1. The zero-order valence-electron chi connectivity index (χ0n) is 7.96. The number of rotatable bonds is 3. The van der Waals surface area contributed by atoms with Crippen LogP contribution < -0.4 is 11.1 Å². The Kier molecular flexibility index (Phi) is 3.59. The van der Waals surface area contributed by atoms with Crippen molar-refractivity contribution in [2.45, 2.75) is 6.92 Å². The highest BCUT2D eigenvalue weighted by atomic mass is 19.1. The van der Waals surface area contributed by atoms with Gasteiger partial charge in [-0.3, -0.25) is 4.79 Å². The van der Waals surface area contributed by atoms with Gasteiger partial charge in [-0.1, -0.05) is 19.1 Å². The minimum atomic E-state index is -0.440. The highest BCUT2D eigenvalue weighted by molar-refractivity contribution is 5.92. The van der Waals surface area contributed by atoms with E-state index in [9.17, 15) is 9.18 Å². The lowest BCUT2D eigenvalue weighted by Crippen LogP contribution is -2.27. The lowest BCUT2D eigenvalue weighted by atomic mass is 10.1. The van der Waals surface area contributed by atoms with E-state index < -0.39 is 5.82 Å². The molecule has 3 nitrogen and oxygen atoms in total. The number of benzene rings is 1. The van der Waals surface area contributed by atoms with Crippen molar-refractivity contribution in [1.29, 1.82) is 0 Å². The van der Waals surface area contributed by atoms with Crippen LogP contribution in [0, 0.1) is 11.7 Å². The molecule has 0 saturated heterocycles. The minimum Gasteiger partial charge on any atom is -0.330 e. The smallest absolute Gasteiger partial charge is 0.228 e. The van der Waals surface area contributed by atoms with Gasteiger partial charge in [0, 0.05) is 12.5 Å². The van der Waals surface area contributed by atoms with Gasteiger partial charge in [-0.05, 0) is 12.1 Å². The second-order valence-corrected chi connectivity index (χ2v) is 3.11. The second-order valence-electron chi connectivity index (χ2n) is 3.11. The van der Waals surface area contributed by atoms with E-state index >= 15 is 0 Å². The van der Waals surface area contributed by atoms with E-state index in [1.165, 1.54) is 12.1 Å². The van der Waals surface area contributed by atoms with E-state index in [4.69, 9.17) is 5.73 Å². The van der Waals surface area contributed by atoms with Crippen LogP contribution in [-0.4, -0.2) is 12.5 Å². The molecule has 0 saturated carbocycles. The summed E-state index contributed by atoms with van der Waals surface area (Å²) in [5.41, 5.74) is 5.50. The van der Waals surface area contributed by atoms with Gasteiger partial charge in [0.05, 0.1) is 5.69 Å². The van der Waals surface area contributed by atoms with Crippen molar-refractivity contribution >= 4 is 11.6 Å². The van der Waals surface area contributed by atoms with Crippen LogP contribution in [0.4, 0.5) is 10.1 Å². The predicted molar refractivity (Wildman–Crippen MR) is 53.2 cm³/mol. The maximum atomic E-state index is 13.1. The fraction of sp³-hybridized carbons (Fsp3) is 0.300. The summed E-state index contributed by atoms with van der Waals surface area (Å²) in [4.78, 5) is 11.3. The standard InChI is InChI=1S/C10H13FN2O/c1-7(6-12)10(14)13-9-5-3-2-4-8(9)11/h2-5,7H,6,12H2,1H3,(H,13,14). The molecule has 0 heterocycles. The molecule has 0 fully saturated rings. The van der Waals surface area contributed by atoms with Crippen molar-refractivity contribution in [1.82, 2.24) is 0 Å². The van der Waals surface area contributed by atoms with Gasteiger partial charge in [0.25, 0.3) is 0 Å². The predicted octanol–water partition coefficient (Wildman–Crippen LogP) is 1.36. The molecule has 14 heavy (non-hydrogen) atoms. The fourth-order valence-corrected chi connectivity index (χ4v) is 0.926. The molecule has 1 aromatic rings. The number of carbonyl (C=O) groups excluding carboxylic acids is 1. The number of nitrogens with two attached hydrogens (primary N) is 1. The third kappa shape index (κ3) is 2.53. The van der Waals surface area contributed by atoms with Crippen LogP contribution in [0.3, 0.4) is 0 Å². The van der Waals surface area contributed by atoms with Gasteiger partial charge < -0.3 is 11.1 Å². The summed E-state index contributed by atoms with van der Waals surface area (Å²) in [6.45, 7) is 1.94. The van der Waals surface area contributed by atoms with Crippen molar-refractivity contribution in [3.8, 4) is 0 Å². The Balaban J connectivity index is 2.70. The van der Waals surface area contributed by atoms with E-state index in [1.807, 2.05) is 0 Å². The molecule has 0 radical (unpaired) electrons. The van der Waals surface area contributed by atoms with Crippen LogP contribution in [0.1, 0.15) is 6.92 Å². The first-order valence-corrected chi connectivity index (χ1v) is 4.40. The number of halogens is 1. The van der Waals surface area contributed by atoms with Gasteiger partial charge in [0.15, 0.2) is 0 Å². The first-order valence-electron chi connectivity index (χ1n) is 4.40. The van der Waals surface area contributed by atoms with Crippen molar-refractivity contribution in [2.24, 2.45) is 11.7 Å². The van der Waals surface area contributed by atoms with E-state index in [2.05, 4.69) is 5.32 Å². The van der Waals surface area contributed by atoms with Crippen molar-refractivity contribution < 1.29 is 9.18 Å². The third-order valence-corrected chi connectivity index (χ3v) is 1.93. The molecule has 0 aliphatic heterocycles.